The summed E-state index contributed by atoms with van der Waals surface area (Å²) in [4.78, 5) is 10.7. The molecule has 0 radical (unpaired) electrons. The predicted molar refractivity (Wildman–Crippen MR) is 79.9 cm³/mol. The molecule has 2 fully saturated rings. The van der Waals surface area contributed by atoms with E-state index in [0.717, 1.165) is 45.1 Å². The largest absolute Gasteiger partial charge is 0.356 e. The number of nitrogens with zero attached hydrogens (tertiary/aromatic N) is 6. The van der Waals surface area contributed by atoms with Crippen LogP contribution >= 0.6 is 0 Å². The van der Waals surface area contributed by atoms with Gasteiger partial charge in [-0.15, -0.1) is 0 Å². The maximum Gasteiger partial charge on any atom is 0.141 e. The van der Waals surface area contributed by atoms with Crippen LogP contribution in [0.5, 0.6) is 0 Å². The highest BCUT2D eigenvalue weighted by Crippen LogP contribution is 2.33. The van der Waals surface area contributed by atoms with Gasteiger partial charge in [-0.25, -0.2) is 9.37 Å². The van der Waals surface area contributed by atoms with E-state index < -0.39 is 0 Å². The van der Waals surface area contributed by atoms with Gasteiger partial charge >= 0.3 is 0 Å². The van der Waals surface area contributed by atoms with Gasteiger partial charge in [-0.1, -0.05) is 0 Å². The molecule has 0 aromatic carbocycles. The first-order chi connectivity index (χ1) is 10.8. The van der Waals surface area contributed by atoms with Gasteiger partial charge in [0.2, 0.25) is 0 Å². The van der Waals surface area contributed by atoms with Crippen LogP contribution in [-0.2, 0) is 6.54 Å². The van der Waals surface area contributed by atoms with Gasteiger partial charge in [0.15, 0.2) is 0 Å². The fourth-order valence-corrected chi connectivity index (χ4v) is 3.60. The standard InChI is InChI=1S/C15H19FN6/c16-14-1-2-15(17-7-14)21-10-12-8-20(9-13(12)11-21)5-6-22-18-3-4-19-22/h1-4,7,12-13H,5-6,8-11H2. The molecule has 0 N–H and O–H groups in total. The van der Waals surface area contributed by atoms with E-state index in [9.17, 15) is 4.39 Å². The number of pyridine rings is 1. The Morgan fingerprint density at radius 1 is 1.00 bits per heavy atom. The van der Waals surface area contributed by atoms with Crippen LogP contribution in [-0.4, -0.2) is 57.6 Å². The first kappa shape index (κ1) is 13.6. The van der Waals surface area contributed by atoms with Gasteiger partial charge in [0.25, 0.3) is 0 Å². The van der Waals surface area contributed by atoms with Crippen molar-refractivity contribution in [2.45, 2.75) is 6.54 Å². The molecular formula is C15H19FN6. The molecule has 2 atom stereocenters. The lowest BCUT2D eigenvalue weighted by Crippen LogP contribution is -2.31. The van der Waals surface area contributed by atoms with E-state index in [0.29, 0.717) is 11.8 Å². The molecule has 2 aromatic heterocycles. The molecule has 4 heterocycles. The summed E-state index contributed by atoms with van der Waals surface area (Å²) in [5, 5.41) is 8.28. The highest BCUT2D eigenvalue weighted by Gasteiger charge is 2.40. The quantitative estimate of drug-likeness (QED) is 0.839. The summed E-state index contributed by atoms with van der Waals surface area (Å²) in [6.45, 7) is 6.10. The SMILES string of the molecule is Fc1ccc(N2CC3CN(CCn4nccn4)CC3C2)nc1. The van der Waals surface area contributed by atoms with E-state index in [1.54, 1.807) is 23.3 Å². The van der Waals surface area contributed by atoms with Gasteiger partial charge in [-0.3, -0.25) is 0 Å². The van der Waals surface area contributed by atoms with Crippen molar-refractivity contribution in [1.82, 2.24) is 24.9 Å². The van der Waals surface area contributed by atoms with Crippen LogP contribution < -0.4 is 4.90 Å². The van der Waals surface area contributed by atoms with Crippen LogP contribution in [0.25, 0.3) is 0 Å². The van der Waals surface area contributed by atoms with Crippen molar-refractivity contribution in [2.75, 3.05) is 37.6 Å². The molecule has 22 heavy (non-hydrogen) atoms. The molecule has 0 saturated carbocycles. The maximum atomic E-state index is 13.0. The Balaban J connectivity index is 1.31. The first-order valence-corrected chi connectivity index (χ1v) is 7.71. The molecule has 2 unspecified atom stereocenters. The highest BCUT2D eigenvalue weighted by molar-refractivity contribution is 5.40. The lowest BCUT2D eigenvalue weighted by Gasteiger charge is -2.22. The highest BCUT2D eigenvalue weighted by atomic mass is 19.1. The van der Waals surface area contributed by atoms with Crippen molar-refractivity contribution in [3.8, 4) is 0 Å². The van der Waals surface area contributed by atoms with Crippen LogP contribution in [0.2, 0.25) is 0 Å². The number of hydrogen-bond acceptors (Lipinski definition) is 5. The number of rotatable bonds is 4. The third kappa shape index (κ3) is 2.68. The molecule has 0 bridgehead atoms. The van der Waals surface area contributed by atoms with Crippen molar-refractivity contribution in [1.29, 1.82) is 0 Å². The normalized spacial score (nSPS) is 24.9. The van der Waals surface area contributed by atoms with Gasteiger partial charge in [-0.2, -0.15) is 15.0 Å². The van der Waals surface area contributed by atoms with Crippen molar-refractivity contribution < 1.29 is 4.39 Å². The van der Waals surface area contributed by atoms with Crippen molar-refractivity contribution in [2.24, 2.45) is 11.8 Å². The fourth-order valence-electron chi connectivity index (χ4n) is 3.60. The maximum absolute atomic E-state index is 13.0. The van der Waals surface area contributed by atoms with Gasteiger partial charge in [0.05, 0.1) is 25.1 Å². The minimum atomic E-state index is -0.276. The average Bonchev–Trinajstić information content (AvgIpc) is 3.21. The summed E-state index contributed by atoms with van der Waals surface area (Å²) in [5.41, 5.74) is 0. The van der Waals surface area contributed by atoms with Crippen molar-refractivity contribution in [3.63, 3.8) is 0 Å². The number of fused-ring (bicyclic) bond motifs is 1. The fraction of sp³-hybridized carbons (Fsp3) is 0.533. The van der Waals surface area contributed by atoms with Crippen LogP contribution in [0.15, 0.2) is 30.7 Å². The average molecular weight is 302 g/mol. The molecule has 0 spiro atoms. The summed E-state index contributed by atoms with van der Waals surface area (Å²) in [7, 11) is 0. The molecule has 0 aliphatic carbocycles. The summed E-state index contributed by atoms with van der Waals surface area (Å²) >= 11 is 0. The summed E-state index contributed by atoms with van der Waals surface area (Å²) in [6.07, 6.45) is 4.73. The van der Waals surface area contributed by atoms with Crippen molar-refractivity contribution >= 4 is 5.82 Å². The van der Waals surface area contributed by atoms with E-state index in [-0.39, 0.29) is 5.82 Å². The van der Waals surface area contributed by atoms with E-state index in [2.05, 4.69) is 25.0 Å². The molecule has 0 amide bonds. The Bertz CT molecular complexity index is 599. The van der Waals surface area contributed by atoms with Gasteiger partial charge in [0.1, 0.15) is 11.6 Å². The number of anilines is 1. The molecule has 4 rings (SSSR count). The number of likely N-dealkylation sites (tertiary alicyclic amines) is 1. The second kappa shape index (κ2) is 5.64. The third-order valence-electron chi connectivity index (χ3n) is 4.68. The Hall–Kier alpha value is -2.02. The van der Waals surface area contributed by atoms with Crippen LogP contribution in [0, 0.1) is 17.7 Å². The summed E-state index contributed by atoms with van der Waals surface area (Å²) < 4.78 is 13.0. The molecule has 2 aromatic rings. The number of halogens is 1. The van der Waals surface area contributed by atoms with E-state index in [1.807, 2.05) is 0 Å². The Labute approximate surface area is 128 Å². The Morgan fingerprint density at radius 2 is 1.73 bits per heavy atom. The second-order valence-electron chi connectivity index (χ2n) is 6.14. The smallest absolute Gasteiger partial charge is 0.141 e. The zero-order valence-electron chi connectivity index (χ0n) is 12.3. The van der Waals surface area contributed by atoms with Gasteiger partial charge in [0, 0.05) is 32.7 Å². The molecule has 6 nitrogen and oxygen atoms in total. The predicted octanol–water partition coefficient (Wildman–Crippen LogP) is 0.880. The first-order valence-electron chi connectivity index (χ1n) is 7.71. The Kier molecular flexibility index (Phi) is 3.49. The van der Waals surface area contributed by atoms with Crippen LogP contribution in [0.3, 0.4) is 0 Å². The minimum absolute atomic E-state index is 0.276. The topological polar surface area (TPSA) is 50.1 Å². The monoisotopic (exact) mass is 302 g/mol. The Morgan fingerprint density at radius 3 is 2.36 bits per heavy atom. The molecule has 2 aliphatic heterocycles. The molecule has 2 saturated heterocycles. The molecular weight excluding hydrogens is 283 g/mol. The van der Waals surface area contributed by atoms with Crippen molar-refractivity contribution in [3.05, 3.63) is 36.5 Å². The third-order valence-corrected chi connectivity index (χ3v) is 4.68. The second-order valence-corrected chi connectivity index (χ2v) is 6.14. The lowest BCUT2D eigenvalue weighted by atomic mass is 10.0. The number of hydrogen-bond donors (Lipinski definition) is 0. The molecule has 2 aliphatic rings. The zero-order valence-corrected chi connectivity index (χ0v) is 12.3. The van der Waals surface area contributed by atoms with E-state index in [4.69, 9.17) is 0 Å². The zero-order chi connectivity index (χ0) is 14.9. The number of aromatic nitrogens is 4. The van der Waals surface area contributed by atoms with Crippen LogP contribution in [0.1, 0.15) is 0 Å². The molecule has 7 heteroatoms. The van der Waals surface area contributed by atoms with Gasteiger partial charge in [-0.05, 0) is 24.0 Å². The van der Waals surface area contributed by atoms with Crippen LogP contribution in [0.4, 0.5) is 10.2 Å². The summed E-state index contributed by atoms with van der Waals surface area (Å²) in [5.74, 6) is 1.97. The summed E-state index contributed by atoms with van der Waals surface area (Å²) in [6, 6.07) is 3.26. The van der Waals surface area contributed by atoms with E-state index >= 15 is 0 Å². The van der Waals surface area contributed by atoms with E-state index in [1.165, 1.54) is 12.3 Å². The minimum Gasteiger partial charge on any atom is -0.356 e. The van der Waals surface area contributed by atoms with Gasteiger partial charge < -0.3 is 9.80 Å². The lowest BCUT2D eigenvalue weighted by molar-refractivity contribution is 0.289. The molecule has 116 valence electrons.